The molecule has 0 radical (unpaired) electrons. The first-order valence-electron chi connectivity index (χ1n) is 7.64. The van der Waals surface area contributed by atoms with Gasteiger partial charge in [0.2, 0.25) is 0 Å². The Balaban J connectivity index is 2.04. The molecular weight excluding hydrogens is 428 g/mol. The van der Waals surface area contributed by atoms with Crippen molar-refractivity contribution in [1.29, 1.82) is 0 Å². The highest BCUT2D eigenvalue weighted by atomic mass is 35.5. The van der Waals surface area contributed by atoms with Crippen LogP contribution in [-0.4, -0.2) is 21.3 Å². The zero-order valence-corrected chi connectivity index (χ0v) is 14.7. The van der Waals surface area contributed by atoms with Crippen molar-refractivity contribution in [2.24, 2.45) is 0 Å². The summed E-state index contributed by atoms with van der Waals surface area (Å²) in [6.07, 6.45) is -9.50. The summed E-state index contributed by atoms with van der Waals surface area (Å²) in [5.41, 5.74) is -1.85. The number of alkyl halides is 6. The lowest BCUT2D eigenvalue weighted by Crippen LogP contribution is -2.17. The van der Waals surface area contributed by atoms with Crippen LogP contribution in [0.2, 0.25) is 5.02 Å². The molecule has 0 aliphatic rings. The van der Waals surface area contributed by atoms with Gasteiger partial charge in [-0.1, -0.05) is 23.7 Å². The Morgan fingerprint density at radius 3 is 2.17 bits per heavy atom. The number of aromatic amines is 1. The molecule has 3 aromatic rings. The summed E-state index contributed by atoms with van der Waals surface area (Å²) < 4.78 is 79.1. The predicted molar refractivity (Wildman–Crippen MR) is 90.2 cm³/mol. The predicted octanol–water partition coefficient (Wildman–Crippen LogP) is 5.07. The summed E-state index contributed by atoms with van der Waals surface area (Å²) in [6.45, 7) is 0. The van der Waals surface area contributed by atoms with Crippen LogP contribution in [0.25, 0.3) is 22.8 Å². The van der Waals surface area contributed by atoms with E-state index in [4.69, 9.17) is 11.6 Å². The summed E-state index contributed by atoms with van der Waals surface area (Å²) in [5, 5.41) is -0.0488. The van der Waals surface area contributed by atoms with Gasteiger partial charge in [-0.15, -0.1) is 13.2 Å². The lowest BCUT2D eigenvalue weighted by Gasteiger charge is -2.11. The molecule has 29 heavy (non-hydrogen) atoms. The third kappa shape index (κ3) is 5.05. The van der Waals surface area contributed by atoms with Gasteiger partial charge in [0.15, 0.2) is 5.82 Å². The van der Waals surface area contributed by atoms with E-state index in [-0.39, 0.29) is 27.8 Å². The Morgan fingerprint density at radius 2 is 1.59 bits per heavy atom. The van der Waals surface area contributed by atoms with Crippen LogP contribution in [0.5, 0.6) is 5.75 Å². The zero-order chi connectivity index (χ0) is 21.4. The fraction of sp³-hybridized carbons (Fsp3) is 0.118. The Bertz CT molecular complexity index is 1090. The van der Waals surface area contributed by atoms with Crippen LogP contribution in [-0.2, 0) is 6.18 Å². The van der Waals surface area contributed by atoms with Gasteiger partial charge in [0.25, 0.3) is 0 Å². The number of hydrogen-bond acceptors (Lipinski definition) is 4. The molecule has 1 aromatic heterocycles. The molecular formula is C17H8ClF6N3O2. The SMILES string of the molecule is O=c1nc(-c2ccc(C(F)(F)F)cc2)nc(-c2cc(OC(F)(F)F)ccc2Cl)[nH]1. The monoisotopic (exact) mass is 435 g/mol. The summed E-state index contributed by atoms with van der Waals surface area (Å²) in [5.74, 6) is -1.08. The Kier molecular flexibility index (Phi) is 5.26. The minimum absolute atomic E-state index is 0.0488. The molecule has 3 rings (SSSR count). The van der Waals surface area contributed by atoms with Crippen LogP contribution >= 0.6 is 11.6 Å². The molecule has 0 spiro atoms. The van der Waals surface area contributed by atoms with Crippen LogP contribution in [0.3, 0.4) is 0 Å². The summed E-state index contributed by atoms with van der Waals surface area (Å²) in [7, 11) is 0. The minimum atomic E-state index is -4.95. The maximum Gasteiger partial charge on any atom is 0.573 e. The van der Waals surface area contributed by atoms with Gasteiger partial charge in [-0.3, -0.25) is 4.98 Å². The maximum atomic E-state index is 12.7. The number of hydrogen-bond donors (Lipinski definition) is 1. The Morgan fingerprint density at radius 1 is 0.931 bits per heavy atom. The van der Waals surface area contributed by atoms with E-state index in [1.165, 1.54) is 0 Å². The van der Waals surface area contributed by atoms with Crippen LogP contribution in [0.1, 0.15) is 5.56 Å². The number of benzene rings is 2. The second-order valence-electron chi connectivity index (χ2n) is 5.59. The number of nitrogens with one attached hydrogen (secondary N) is 1. The second kappa shape index (κ2) is 7.39. The lowest BCUT2D eigenvalue weighted by atomic mass is 10.1. The average Bonchev–Trinajstić information content (AvgIpc) is 2.61. The van der Waals surface area contributed by atoms with Crippen molar-refractivity contribution >= 4 is 11.6 Å². The highest BCUT2D eigenvalue weighted by Crippen LogP contribution is 2.33. The first-order chi connectivity index (χ1) is 13.4. The van der Waals surface area contributed by atoms with Crippen molar-refractivity contribution in [3.05, 3.63) is 63.5 Å². The zero-order valence-electron chi connectivity index (χ0n) is 13.9. The van der Waals surface area contributed by atoms with Crippen LogP contribution in [0, 0.1) is 0 Å². The molecule has 1 N–H and O–H groups in total. The van der Waals surface area contributed by atoms with Gasteiger partial charge < -0.3 is 4.74 Å². The van der Waals surface area contributed by atoms with E-state index >= 15 is 0 Å². The molecule has 5 nitrogen and oxygen atoms in total. The molecule has 0 aliphatic heterocycles. The van der Waals surface area contributed by atoms with E-state index in [0.29, 0.717) is 0 Å². The molecule has 0 bridgehead atoms. The Hall–Kier alpha value is -3.08. The molecule has 12 heteroatoms. The molecule has 2 aromatic carbocycles. The standard InChI is InChI=1S/C17H8ClF6N3O2/c18-12-6-5-10(29-17(22,23)24)7-11(12)14-25-13(26-15(28)27-14)8-1-3-9(4-2-8)16(19,20)21/h1-7H,(H,25,26,27,28). The van der Waals surface area contributed by atoms with Gasteiger partial charge in [-0.2, -0.15) is 18.2 Å². The van der Waals surface area contributed by atoms with Gasteiger partial charge in [0.1, 0.15) is 11.6 Å². The number of rotatable bonds is 3. The van der Waals surface area contributed by atoms with Crippen molar-refractivity contribution in [2.75, 3.05) is 0 Å². The summed E-state index contributed by atoms with van der Waals surface area (Å²) in [6, 6.07) is 6.67. The normalized spacial score (nSPS) is 12.1. The van der Waals surface area contributed by atoms with Gasteiger partial charge >= 0.3 is 18.2 Å². The van der Waals surface area contributed by atoms with Gasteiger partial charge in [-0.25, -0.2) is 9.78 Å². The topological polar surface area (TPSA) is 67.9 Å². The molecule has 0 fully saturated rings. The minimum Gasteiger partial charge on any atom is -0.406 e. The number of halogens is 7. The molecule has 0 saturated heterocycles. The van der Waals surface area contributed by atoms with Gasteiger partial charge in [-0.05, 0) is 30.3 Å². The highest BCUT2D eigenvalue weighted by molar-refractivity contribution is 6.33. The molecule has 1 heterocycles. The van der Waals surface area contributed by atoms with Gasteiger partial charge in [0, 0.05) is 11.1 Å². The average molecular weight is 436 g/mol. The quantitative estimate of drug-likeness (QED) is 0.583. The molecule has 0 aliphatic carbocycles. The smallest absolute Gasteiger partial charge is 0.406 e. The summed E-state index contributed by atoms with van der Waals surface area (Å²) in [4.78, 5) is 21.7. The van der Waals surface area contributed by atoms with Crippen LogP contribution in [0.15, 0.2) is 47.3 Å². The highest BCUT2D eigenvalue weighted by Gasteiger charge is 2.32. The number of aromatic nitrogens is 3. The fourth-order valence-corrected chi connectivity index (χ4v) is 2.54. The van der Waals surface area contributed by atoms with E-state index in [1.807, 2.05) is 0 Å². The van der Waals surface area contributed by atoms with Crippen molar-refractivity contribution in [3.63, 3.8) is 0 Å². The third-order valence-corrected chi connectivity index (χ3v) is 3.88. The van der Waals surface area contributed by atoms with Crippen LogP contribution in [0.4, 0.5) is 26.3 Å². The largest absolute Gasteiger partial charge is 0.573 e. The van der Waals surface area contributed by atoms with E-state index in [0.717, 1.165) is 42.5 Å². The van der Waals surface area contributed by atoms with Crippen molar-refractivity contribution in [3.8, 4) is 28.5 Å². The van der Waals surface area contributed by atoms with Crippen LogP contribution < -0.4 is 10.4 Å². The number of nitrogens with zero attached hydrogens (tertiary/aromatic N) is 2. The number of H-pyrrole nitrogens is 1. The molecule has 152 valence electrons. The van der Waals surface area contributed by atoms with E-state index in [1.54, 1.807) is 0 Å². The van der Waals surface area contributed by atoms with Crippen molar-refractivity contribution in [1.82, 2.24) is 15.0 Å². The molecule has 0 atom stereocenters. The van der Waals surface area contributed by atoms with E-state index in [2.05, 4.69) is 19.7 Å². The fourth-order valence-electron chi connectivity index (χ4n) is 2.33. The third-order valence-electron chi connectivity index (χ3n) is 3.55. The second-order valence-corrected chi connectivity index (χ2v) is 6.00. The van der Waals surface area contributed by atoms with E-state index < -0.39 is 29.5 Å². The summed E-state index contributed by atoms with van der Waals surface area (Å²) >= 11 is 5.98. The lowest BCUT2D eigenvalue weighted by molar-refractivity contribution is -0.274. The van der Waals surface area contributed by atoms with Crippen molar-refractivity contribution in [2.45, 2.75) is 12.5 Å². The van der Waals surface area contributed by atoms with E-state index in [9.17, 15) is 31.1 Å². The molecule has 0 saturated carbocycles. The van der Waals surface area contributed by atoms with Gasteiger partial charge in [0.05, 0.1) is 10.6 Å². The number of ether oxygens (including phenoxy) is 1. The molecule has 0 unspecified atom stereocenters. The first kappa shape index (κ1) is 20.6. The molecule has 0 amide bonds. The first-order valence-corrected chi connectivity index (χ1v) is 8.02. The maximum absolute atomic E-state index is 12.7. The van der Waals surface area contributed by atoms with Crippen molar-refractivity contribution < 1.29 is 31.1 Å². The Labute approximate surface area is 163 Å².